The van der Waals surface area contributed by atoms with Gasteiger partial charge >= 0.3 is 0 Å². The maximum Gasteiger partial charge on any atom is 0.254 e. The summed E-state index contributed by atoms with van der Waals surface area (Å²) in [4.78, 5) is 22.5. The molecule has 0 bridgehead atoms. The minimum absolute atomic E-state index is 0.180. The van der Waals surface area contributed by atoms with Crippen LogP contribution >= 0.6 is 0 Å². The molecule has 4 nitrogen and oxygen atoms in total. The first kappa shape index (κ1) is 15.6. The molecule has 4 rings (SSSR count). The molecule has 0 N–H and O–H groups in total. The minimum Gasteiger partial charge on any atom is -0.334 e. The number of likely N-dealkylation sites (tertiary alicyclic amines) is 2. The van der Waals surface area contributed by atoms with Crippen molar-refractivity contribution in [1.82, 2.24) is 14.8 Å². The Morgan fingerprint density at radius 1 is 1.12 bits per heavy atom. The molecule has 2 aliphatic heterocycles. The van der Waals surface area contributed by atoms with E-state index >= 15 is 0 Å². The Morgan fingerprint density at radius 2 is 1.88 bits per heavy atom. The van der Waals surface area contributed by atoms with E-state index in [1.807, 2.05) is 37.3 Å². The standard InChI is InChI=1S/C20H25N3O/c1-14-13-16(15-7-3-4-8-17(15)21-14)20(24)23-12-6-10-19(23)18-9-5-11-22(18)2/h3-4,7-8,13,18-19H,5-6,9-12H2,1-2H3. The Morgan fingerprint density at radius 3 is 2.67 bits per heavy atom. The van der Waals surface area contributed by atoms with Crippen molar-refractivity contribution in [2.75, 3.05) is 20.1 Å². The fourth-order valence-electron chi connectivity index (χ4n) is 4.51. The molecule has 2 unspecified atom stereocenters. The van der Waals surface area contributed by atoms with Crippen LogP contribution in [0.2, 0.25) is 0 Å². The Labute approximate surface area is 143 Å². The van der Waals surface area contributed by atoms with Crippen molar-refractivity contribution in [3.8, 4) is 0 Å². The van der Waals surface area contributed by atoms with Gasteiger partial charge in [-0.3, -0.25) is 9.78 Å². The Hall–Kier alpha value is -1.94. The number of nitrogens with zero attached hydrogens (tertiary/aromatic N) is 3. The lowest BCUT2D eigenvalue weighted by Gasteiger charge is -2.33. The second-order valence-electron chi connectivity index (χ2n) is 7.23. The van der Waals surface area contributed by atoms with Crippen molar-refractivity contribution in [2.24, 2.45) is 0 Å². The smallest absolute Gasteiger partial charge is 0.254 e. The number of aryl methyl sites for hydroxylation is 1. The summed E-state index contributed by atoms with van der Waals surface area (Å²) < 4.78 is 0. The Balaban J connectivity index is 1.70. The van der Waals surface area contributed by atoms with Crippen LogP contribution in [0.3, 0.4) is 0 Å². The first-order chi connectivity index (χ1) is 11.6. The molecular formula is C20H25N3O. The molecule has 0 radical (unpaired) electrons. The summed E-state index contributed by atoms with van der Waals surface area (Å²) in [6, 6.07) is 10.8. The molecule has 0 aliphatic carbocycles. The first-order valence-electron chi connectivity index (χ1n) is 9.03. The molecule has 2 saturated heterocycles. The fourth-order valence-corrected chi connectivity index (χ4v) is 4.51. The summed E-state index contributed by atoms with van der Waals surface area (Å²) in [6.45, 7) is 4.00. The molecule has 1 aromatic heterocycles. The molecule has 3 heterocycles. The van der Waals surface area contributed by atoms with Crippen molar-refractivity contribution < 1.29 is 4.79 Å². The zero-order valence-corrected chi connectivity index (χ0v) is 14.5. The highest BCUT2D eigenvalue weighted by molar-refractivity contribution is 6.06. The van der Waals surface area contributed by atoms with Gasteiger partial charge in [-0.25, -0.2) is 0 Å². The van der Waals surface area contributed by atoms with E-state index in [1.54, 1.807) is 0 Å². The molecule has 1 amide bonds. The van der Waals surface area contributed by atoms with Gasteiger partial charge in [0.1, 0.15) is 0 Å². The van der Waals surface area contributed by atoms with Crippen molar-refractivity contribution in [3.63, 3.8) is 0 Å². The SMILES string of the molecule is Cc1cc(C(=O)N2CCCC2C2CCCN2C)c2ccccc2n1. The summed E-state index contributed by atoms with van der Waals surface area (Å²) in [6.07, 6.45) is 4.70. The monoisotopic (exact) mass is 323 g/mol. The van der Waals surface area contributed by atoms with E-state index in [2.05, 4.69) is 21.8 Å². The normalized spacial score (nSPS) is 24.8. The number of para-hydroxylation sites is 1. The number of likely N-dealkylation sites (N-methyl/N-ethyl adjacent to an activating group) is 1. The third-order valence-electron chi connectivity index (χ3n) is 5.66. The number of carbonyl (C=O) groups is 1. The minimum atomic E-state index is 0.180. The van der Waals surface area contributed by atoms with Crippen molar-refractivity contribution in [1.29, 1.82) is 0 Å². The number of pyridine rings is 1. The quantitative estimate of drug-likeness (QED) is 0.851. The highest BCUT2D eigenvalue weighted by Crippen LogP contribution is 2.31. The zero-order chi connectivity index (χ0) is 16.7. The van der Waals surface area contributed by atoms with E-state index in [0.29, 0.717) is 12.1 Å². The molecule has 1 aromatic carbocycles. The van der Waals surface area contributed by atoms with Crippen LogP contribution in [0.1, 0.15) is 41.7 Å². The van der Waals surface area contributed by atoms with Crippen LogP contribution in [0, 0.1) is 6.92 Å². The maximum atomic E-state index is 13.4. The number of amides is 1. The van der Waals surface area contributed by atoms with Gasteiger partial charge in [-0.15, -0.1) is 0 Å². The largest absolute Gasteiger partial charge is 0.334 e. The van der Waals surface area contributed by atoms with E-state index in [4.69, 9.17) is 0 Å². The van der Waals surface area contributed by atoms with Gasteiger partial charge in [-0.2, -0.15) is 0 Å². The van der Waals surface area contributed by atoms with Crippen LogP contribution in [0.5, 0.6) is 0 Å². The van der Waals surface area contributed by atoms with E-state index in [0.717, 1.165) is 48.1 Å². The Kier molecular flexibility index (Phi) is 4.01. The predicted molar refractivity (Wildman–Crippen MR) is 96.2 cm³/mol. The molecular weight excluding hydrogens is 298 g/mol. The Bertz CT molecular complexity index is 773. The number of carbonyl (C=O) groups excluding carboxylic acids is 1. The number of hydrogen-bond acceptors (Lipinski definition) is 3. The van der Waals surface area contributed by atoms with Crippen molar-refractivity contribution >= 4 is 16.8 Å². The molecule has 0 spiro atoms. The molecule has 24 heavy (non-hydrogen) atoms. The van der Waals surface area contributed by atoms with E-state index in [-0.39, 0.29) is 5.91 Å². The van der Waals surface area contributed by atoms with Crippen LogP contribution in [0.15, 0.2) is 30.3 Å². The summed E-state index contributed by atoms with van der Waals surface area (Å²) in [7, 11) is 2.20. The van der Waals surface area contributed by atoms with Gasteiger partial charge in [0, 0.05) is 29.7 Å². The number of rotatable bonds is 2. The zero-order valence-electron chi connectivity index (χ0n) is 14.5. The average molecular weight is 323 g/mol. The van der Waals surface area contributed by atoms with Gasteiger partial charge in [0.25, 0.3) is 5.91 Å². The average Bonchev–Trinajstić information content (AvgIpc) is 3.21. The summed E-state index contributed by atoms with van der Waals surface area (Å²) in [5, 5.41) is 0.971. The molecule has 2 aromatic rings. The first-order valence-corrected chi connectivity index (χ1v) is 9.03. The van der Waals surface area contributed by atoms with E-state index in [1.165, 1.54) is 12.8 Å². The van der Waals surface area contributed by atoms with Crippen LogP contribution in [0.25, 0.3) is 10.9 Å². The summed E-state index contributed by atoms with van der Waals surface area (Å²) >= 11 is 0. The lowest BCUT2D eigenvalue weighted by Crippen LogP contribution is -2.47. The lowest BCUT2D eigenvalue weighted by atomic mass is 10.0. The molecule has 0 saturated carbocycles. The molecule has 2 atom stereocenters. The predicted octanol–water partition coefficient (Wildman–Crippen LogP) is 3.24. The topological polar surface area (TPSA) is 36.4 Å². The number of hydrogen-bond donors (Lipinski definition) is 0. The third-order valence-corrected chi connectivity index (χ3v) is 5.66. The third kappa shape index (κ3) is 2.59. The molecule has 4 heteroatoms. The van der Waals surface area contributed by atoms with E-state index in [9.17, 15) is 4.79 Å². The van der Waals surface area contributed by atoms with Gasteiger partial charge in [-0.05, 0) is 58.3 Å². The van der Waals surface area contributed by atoms with E-state index < -0.39 is 0 Å². The van der Waals surface area contributed by atoms with Crippen LogP contribution in [-0.4, -0.2) is 52.9 Å². The fraction of sp³-hybridized carbons (Fsp3) is 0.500. The van der Waals surface area contributed by atoms with Gasteiger partial charge in [-0.1, -0.05) is 18.2 Å². The van der Waals surface area contributed by atoms with Crippen LogP contribution in [0.4, 0.5) is 0 Å². The maximum absolute atomic E-state index is 13.4. The second kappa shape index (κ2) is 6.17. The number of aromatic nitrogens is 1. The molecule has 126 valence electrons. The van der Waals surface area contributed by atoms with Crippen LogP contribution < -0.4 is 0 Å². The van der Waals surface area contributed by atoms with Gasteiger partial charge < -0.3 is 9.80 Å². The van der Waals surface area contributed by atoms with Gasteiger partial charge in [0.2, 0.25) is 0 Å². The highest BCUT2D eigenvalue weighted by Gasteiger charge is 2.38. The number of fused-ring (bicyclic) bond motifs is 1. The molecule has 2 fully saturated rings. The molecule has 2 aliphatic rings. The van der Waals surface area contributed by atoms with Crippen molar-refractivity contribution in [2.45, 2.75) is 44.7 Å². The van der Waals surface area contributed by atoms with Gasteiger partial charge in [0.05, 0.1) is 11.1 Å². The number of benzene rings is 1. The highest BCUT2D eigenvalue weighted by atomic mass is 16.2. The van der Waals surface area contributed by atoms with Gasteiger partial charge in [0.15, 0.2) is 0 Å². The second-order valence-corrected chi connectivity index (χ2v) is 7.23. The summed E-state index contributed by atoms with van der Waals surface area (Å²) in [5.74, 6) is 0.180. The van der Waals surface area contributed by atoms with Crippen molar-refractivity contribution in [3.05, 3.63) is 41.6 Å². The lowest BCUT2D eigenvalue weighted by molar-refractivity contribution is 0.0666. The van der Waals surface area contributed by atoms with Crippen LogP contribution in [-0.2, 0) is 0 Å². The summed E-state index contributed by atoms with van der Waals surface area (Å²) in [5.41, 5.74) is 2.63.